The van der Waals surface area contributed by atoms with Crippen molar-refractivity contribution in [3.63, 3.8) is 0 Å². The monoisotopic (exact) mass is 379 g/mol. The van der Waals surface area contributed by atoms with Gasteiger partial charge in [-0.1, -0.05) is 0 Å². The van der Waals surface area contributed by atoms with Gasteiger partial charge in [0, 0.05) is 25.3 Å². The number of nitrogens with one attached hydrogen (secondary N) is 2. The number of anilines is 1. The van der Waals surface area contributed by atoms with Crippen LogP contribution in [0.5, 0.6) is 0 Å². The topological polar surface area (TPSA) is 93.3 Å². The van der Waals surface area contributed by atoms with Crippen molar-refractivity contribution in [2.24, 2.45) is 7.05 Å². The van der Waals surface area contributed by atoms with Crippen molar-refractivity contribution < 1.29 is 17.2 Å². The summed E-state index contributed by atoms with van der Waals surface area (Å²) < 4.78 is 47.7. The lowest BCUT2D eigenvalue weighted by molar-refractivity contribution is 0.527. The number of oxazole rings is 1. The van der Waals surface area contributed by atoms with Crippen LogP contribution in [0.4, 0.5) is 10.1 Å². The maximum absolute atomic E-state index is 13.4. The highest BCUT2D eigenvalue weighted by Gasteiger charge is 2.20. The molecule has 0 aliphatic rings. The Bertz CT molecular complexity index is 1150. The lowest BCUT2D eigenvalue weighted by atomic mass is 10.2. The van der Waals surface area contributed by atoms with Gasteiger partial charge in [-0.2, -0.15) is 0 Å². The Kier molecular flexibility index (Phi) is 4.59. The fraction of sp³-hybridized carbons (Fsp3) is 0.235. The molecule has 0 unspecified atom stereocenters. The number of hydrogen-bond acceptors (Lipinski definition) is 5. The number of hydrogen-bond donors (Lipinski definition) is 2. The second kappa shape index (κ2) is 6.58. The smallest absolute Gasteiger partial charge is 0.408 e. The van der Waals surface area contributed by atoms with Gasteiger partial charge in [0.25, 0.3) is 10.0 Å². The van der Waals surface area contributed by atoms with Crippen LogP contribution >= 0.6 is 0 Å². The van der Waals surface area contributed by atoms with Gasteiger partial charge in [0.1, 0.15) is 5.82 Å². The van der Waals surface area contributed by atoms with Crippen LogP contribution in [-0.2, 0) is 23.6 Å². The quantitative estimate of drug-likeness (QED) is 0.708. The van der Waals surface area contributed by atoms with Crippen LogP contribution < -0.4 is 15.8 Å². The fourth-order valence-corrected chi connectivity index (χ4v) is 3.87. The van der Waals surface area contributed by atoms with Gasteiger partial charge in [-0.15, -0.1) is 0 Å². The molecule has 0 saturated carbocycles. The lowest BCUT2D eigenvalue weighted by Crippen LogP contribution is -2.15. The molecule has 0 bridgehead atoms. The number of halogens is 1. The van der Waals surface area contributed by atoms with E-state index < -0.39 is 21.6 Å². The number of fused-ring (bicyclic) bond motifs is 1. The predicted molar refractivity (Wildman–Crippen MR) is 96.2 cm³/mol. The first-order chi connectivity index (χ1) is 12.2. The van der Waals surface area contributed by atoms with Gasteiger partial charge in [-0.25, -0.2) is 17.6 Å². The van der Waals surface area contributed by atoms with Crippen molar-refractivity contribution in [3.05, 3.63) is 57.8 Å². The molecule has 1 heterocycles. The van der Waals surface area contributed by atoms with E-state index in [1.54, 1.807) is 21.0 Å². The molecule has 0 saturated heterocycles. The summed E-state index contributed by atoms with van der Waals surface area (Å²) in [6.45, 7) is 1.89. The van der Waals surface area contributed by atoms with E-state index in [2.05, 4.69) is 10.0 Å². The third kappa shape index (κ3) is 3.23. The Balaban J connectivity index is 2.10. The number of nitrogens with zero attached hydrogens (tertiary/aromatic N) is 1. The van der Waals surface area contributed by atoms with E-state index in [4.69, 9.17) is 4.42 Å². The Morgan fingerprint density at radius 1 is 1.23 bits per heavy atom. The normalized spacial score (nSPS) is 11.8. The number of rotatable bonds is 5. The molecule has 0 radical (unpaired) electrons. The minimum atomic E-state index is -3.95. The first kappa shape index (κ1) is 18.2. The van der Waals surface area contributed by atoms with Gasteiger partial charge in [0.15, 0.2) is 5.58 Å². The zero-order chi connectivity index (χ0) is 19.1. The average Bonchev–Trinajstić information content (AvgIpc) is 2.86. The molecule has 138 valence electrons. The molecule has 0 atom stereocenters. The Morgan fingerprint density at radius 3 is 2.62 bits per heavy atom. The van der Waals surface area contributed by atoms with Gasteiger partial charge in [-0.3, -0.25) is 9.29 Å². The van der Waals surface area contributed by atoms with Crippen molar-refractivity contribution in [1.82, 2.24) is 9.88 Å². The van der Waals surface area contributed by atoms with Crippen LogP contribution in [0, 0.1) is 12.7 Å². The summed E-state index contributed by atoms with van der Waals surface area (Å²) in [6, 6.07) is 6.72. The molecule has 0 aliphatic heterocycles. The number of benzene rings is 2. The highest BCUT2D eigenvalue weighted by molar-refractivity contribution is 7.92. The molecule has 3 rings (SSSR count). The minimum Gasteiger partial charge on any atom is -0.408 e. The van der Waals surface area contributed by atoms with Crippen molar-refractivity contribution >= 4 is 26.8 Å². The molecular weight excluding hydrogens is 361 g/mol. The summed E-state index contributed by atoms with van der Waals surface area (Å²) in [4.78, 5) is 11.7. The second-order valence-electron chi connectivity index (χ2n) is 5.96. The van der Waals surface area contributed by atoms with Crippen molar-refractivity contribution in [2.75, 3.05) is 11.8 Å². The van der Waals surface area contributed by atoms with Crippen molar-refractivity contribution in [1.29, 1.82) is 0 Å². The molecule has 7 nitrogen and oxygen atoms in total. The number of aryl methyl sites for hydroxylation is 2. The summed E-state index contributed by atoms with van der Waals surface area (Å²) in [5, 5.41) is 2.94. The van der Waals surface area contributed by atoms with E-state index in [0.717, 1.165) is 0 Å². The van der Waals surface area contributed by atoms with Gasteiger partial charge in [0.2, 0.25) is 0 Å². The third-order valence-electron chi connectivity index (χ3n) is 4.02. The SMILES string of the molecule is CNCc1cc(S(=O)(=O)Nc2ccc(F)c(C)c2)cc2oc(=O)n(C)c12. The standard InChI is InChI=1S/C17H18FN3O4S/c1-10-6-12(4-5-14(10)18)20-26(23,24)13-7-11(9-19-2)16-15(8-13)25-17(22)21(16)3/h4-8,19-20H,9H2,1-3H3. The van der Waals surface area contributed by atoms with E-state index in [1.807, 2.05) is 0 Å². The molecule has 0 amide bonds. The van der Waals surface area contributed by atoms with Crippen LogP contribution in [-0.4, -0.2) is 20.0 Å². The van der Waals surface area contributed by atoms with E-state index in [0.29, 0.717) is 23.2 Å². The average molecular weight is 379 g/mol. The summed E-state index contributed by atoms with van der Waals surface area (Å²) in [6.07, 6.45) is 0. The molecule has 2 N–H and O–H groups in total. The minimum absolute atomic E-state index is 0.0495. The van der Waals surface area contributed by atoms with Gasteiger partial charge in [-0.05, 0) is 49.4 Å². The van der Waals surface area contributed by atoms with Crippen LogP contribution in [0.3, 0.4) is 0 Å². The molecule has 2 aromatic carbocycles. The zero-order valence-electron chi connectivity index (χ0n) is 14.5. The first-order valence-electron chi connectivity index (χ1n) is 7.79. The van der Waals surface area contributed by atoms with Crippen LogP contribution in [0.2, 0.25) is 0 Å². The first-order valence-corrected chi connectivity index (χ1v) is 9.27. The molecular formula is C17H18FN3O4S. The highest BCUT2D eigenvalue weighted by atomic mass is 32.2. The maximum atomic E-state index is 13.4. The van der Waals surface area contributed by atoms with E-state index in [9.17, 15) is 17.6 Å². The zero-order valence-corrected chi connectivity index (χ0v) is 15.3. The molecule has 9 heteroatoms. The van der Waals surface area contributed by atoms with Crippen LogP contribution in [0.25, 0.3) is 11.1 Å². The summed E-state index contributed by atoms with van der Waals surface area (Å²) >= 11 is 0. The molecule has 3 aromatic rings. The summed E-state index contributed by atoms with van der Waals surface area (Å²) in [7, 11) is -0.681. The van der Waals surface area contributed by atoms with Crippen molar-refractivity contribution in [3.8, 4) is 0 Å². The molecule has 1 aromatic heterocycles. The Hall–Kier alpha value is -2.65. The number of aromatic nitrogens is 1. The summed E-state index contributed by atoms with van der Waals surface area (Å²) in [5.41, 5.74) is 1.88. The summed E-state index contributed by atoms with van der Waals surface area (Å²) in [5.74, 6) is -0.995. The predicted octanol–water partition coefficient (Wildman–Crippen LogP) is 2.10. The van der Waals surface area contributed by atoms with E-state index in [1.165, 1.54) is 34.9 Å². The Labute approximate surface area is 149 Å². The van der Waals surface area contributed by atoms with Gasteiger partial charge >= 0.3 is 5.76 Å². The largest absolute Gasteiger partial charge is 0.419 e. The van der Waals surface area contributed by atoms with Crippen molar-refractivity contribution in [2.45, 2.75) is 18.4 Å². The lowest BCUT2D eigenvalue weighted by Gasteiger charge is -2.11. The van der Waals surface area contributed by atoms with Gasteiger partial charge in [0.05, 0.1) is 10.4 Å². The van der Waals surface area contributed by atoms with E-state index >= 15 is 0 Å². The molecule has 0 fully saturated rings. The molecule has 0 aliphatic carbocycles. The van der Waals surface area contributed by atoms with E-state index in [-0.39, 0.29) is 16.2 Å². The van der Waals surface area contributed by atoms with Crippen LogP contribution in [0.15, 0.2) is 44.4 Å². The van der Waals surface area contributed by atoms with Gasteiger partial charge < -0.3 is 9.73 Å². The Morgan fingerprint density at radius 2 is 1.96 bits per heavy atom. The van der Waals surface area contributed by atoms with Crippen LogP contribution in [0.1, 0.15) is 11.1 Å². The highest BCUT2D eigenvalue weighted by Crippen LogP contribution is 2.25. The fourth-order valence-electron chi connectivity index (χ4n) is 2.75. The molecule has 0 spiro atoms. The second-order valence-corrected chi connectivity index (χ2v) is 7.64. The molecule has 26 heavy (non-hydrogen) atoms. The number of sulfonamides is 1. The third-order valence-corrected chi connectivity index (χ3v) is 5.38. The maximum Gasteiger partial charge on any atom is 0.419 e.